The molecule has 0 unspecified atom stereocenters. The number of anilines is 1. The van der Waals surface area contributed by atoms with Crippen LogP contribution in [0.2, 0.25) is 10.0 Å². The van der Waals surface area contributed by atoms with Gasteiger partial charge in [0, 0.05) is 6.04 Å². The summed E-state index contributed by atoms with van der Waals surface area (Å²) in [6, 6.07) is 14.7. The number of halogens is 5. The lowest BCUT2D eigenvalue weighted by Crippen LogP contribution is -2.27. The number of hydrogen-bond acceptors (Lipinski definition) is 4. The Bertz CT molecular complexity index is 1320. The van der Waals surface area contributed by atoms with Crippen LogP contribution >= 0.6 is 23.2 Å². The fraction of sp³-hybridized carbons (Fsp3) is 0.174. The SMILES string of the molecule is C[C@H](NS(=O)(=O)c1ccc(OCC(=O)Nc2cc(C(F)(F)F)ccc2Cl)c(Cl)c1)c1ccccc1. The molecule has 0 fully saturated rings. The van der Waals surface area contributed by atoms with Gasteiger partial charge in [0.25, 0.3) is 5.91 Å². The van der Waals surface area contributed by atoms with E-state index in [0.29, 0.717) is 6.07 Å². The molecule has 0 radical (unpaired) electrons. The highest BCUT2D eigenvalue weighted by atomic mass is 35.5. The van der Waals surface area contributed by atoms with Gasteiger partial charge in [-0.3, -0.25) is 4.79 Å². The molecule has 0 aliphatic rings. The molecule has 0 saturated carbocycles. The number of amides is 1. The lowest BCUT2D eigenvalue weighted by molar-refractivity contribution is -0.137. The molecule has 12 heteroatoms. The third-order valence-electron chi connectivity index (χ3n) is 4.77. The molecule has 1 amide bonds. The first-order valence-electron chi connectivity index (χ1n) is 10.0. The molecule has 0 bridgehead atoms. The van der Waals surface area contributed by atoms with Crippen molar-refractivity contribution < 1.29 is 31.1 Å². The van der Waals surface area contributed by atoms with Crippen molar-refractivity contribution in [1.82, 2.24) is 4.72 Å². The van der Waals surface area contributed by atoms with Gasteiger partial charge in [-0.25, -0.2) is 13.1 Å². The van der Waals surface area contributed by atoms with Crippen molar-refractivity contribution in [3.8, 4) is 5.75 Å². The van der Waals surface area contributed by atoms with Crippen LogP contribution in [-0.2, 0) is 21.0 Å². The zero-order valence-corrected chi connectivity index (χ0v) is 20.4. The van der Waals surface area contributed by atoms with Crippen LogP contribution in [0.4, 0.5) is 18.9 Å². The molecular formula is C23H19Cl2F3N2O4S. The molecule has 3 rings (SSSR count). The molecule has 0 aliphatic heterocycles. The second-order valence-electron chi connectivity index (χ2n) is 7.38. The Balaban J connectivity index is 1.65. The summed E-state index contributed by atoms with van der Waals surface area (Å²) in [4.78, 5) is 12.1. The van der Waals surface area contributed by atoms with Gasteiger partial charge in [0.2, 0.25) is 10.0 Å². The third-order valence-corrected chi connectivity index (χ3v) is 6.94. The van der Waals surface area contributed by atoms with Crippen molar-refractivity contribution >= 4 is 44.8 Å². The molecule has 0 aromatic heterocycles. The van der Waals surface area contributed by atoms with Gasteiger partial charge < -0.3 is 10.1 Å². The maximum Gasteiger partial charge on any atom is 0.416 e. The predicted molar refractivity (Wildman–Crippen MR) is 127 cm³/mol. The van der Waals surface area contributed by atoms with Crippen molar-refractivity contribution in [3.05, 3.63) is 87.9 Å². The highest BCUT2D eigenvalue weighted by Crippen LogP contribution is 2.34. The van der Waals surface area contributed by atoms with Gasteiger partial charge in [-0.05, 0) is 48.9 Å². The smallest absolute Gasteiger partial charge is 0.416 e. The molecule has 6 nitrogen and oxygen atoms in total. The number of ether oxygens (including phenoxy) is 1. The summed E-state index contributed by atoms with van der Waals surface area (Å²) in [5.41, 5.74) is -0.441. The Labute approximate surface area is 210 Å². The van der Waals surface area contributed by atoms with E-state index in [9.17, 15) is 26.4 Å². The minimum atomic E-state index is -4.61. The Hall–Kier alpha value is -2.79. The summed E-state index contributed by atoms with van der Waals surface area (Å²) < 4.78 is 71.9. The van der Waals surface area contributed by atoms with E-state index in [1.807, 2.05) is 6.07 Å². The van der Waals surface area contributed by atoms with E-state index in [1.54, 1.807) is 31.2 Å². The summed E-state index contributed by atoms with van der Waals surface area (Å²) in [7, 11) is -3.92. The third kappa shape index (κ3) is 7.11. The second kappa shape index (κ2) is 10.9. The molecule has 1 atom stereocenters. The molecular weight excluding hydrogens is 528 g/mol. The standard InChI is InChI=1S/C23H19Cl2F3N2O4S/c1-14(15-5-3-2-4-6-15)30-35(32,33)17-8-10-21(19(25)12-17)34-13-22(31)29-20-11-16(23(26,27)28)7-9-18(20)24/h2-12,14,30H,13H2,1H3,(H,29,31)/t14-/m0/s1. The van der Waals surface area contributed by atoms with E-state index >= 15 is 0 Å². The fourth-order valence-electron chi connectivity index (χ4n) is 3.00. The van der Waals surface area contributed by atoms with Crippen molar-refractivity contribution in [2.24, 2.45) is 0 Å². The molecule has 186 valence electrons. The maximum atomic E-state index is 12.9. The number of rotatable bonds is 8. The molecule has 3 aromatic rings. The first kappa shape index (κ1) is 26.8. The van der Waals surface area contributed by atoms with Crippen LogP contribution < -0.4 is 14.8 Å². The van der Waals surface area contributed by atoms with Crippen LogP contribution in [0.3, 0.4) is 0 Å². The van der Waals surface area contributed by atoms with Crippen LogP contribution in [0.5, 0.6) is 5.75 Å². The number of alkyl halides is 3. The molecule has 2 N–H and O–H groups in total. The molecule has 0 saturated heterocycles. The van der Waals surface area contributed by atoms with E-state index in [4.69, 9.17) is 27.9 Å². The first-order valence-corrected chi connectivity index (χ1v) is 12.3. The van der Waals surface area contributed by atoms with Gasteiger partial charge in [-0.2, -0.15) is 13.2 Å². The van der Waals surface area contributed by atoms with Gasteiger partial charge in [0.05, 0.1) is 26.2 Å². The molecule has 0 heterocycles. The van der Waals surface area contributed by atoms with Gasteiger partial charge in [0.1, 0.15) is 5.75 Å². The van der Waals surface area contributed by atoms with Crippen molar-refractivity contribution in [1.29, 1.82) is 0 Å². The van der Waals surface area contributed by atoms with Crippen molar-refractivity contribution in [2.45, 2.75) is 24.0 Å². The first-order chi connectivity index (χ1) is 16.4. The summed E-state index contributed by atoms with van der Waals surface area (Å²) in [5.74, 6) is -0.788. The highest BCUT2D eigenvalue weighted by molar-refractivity contribution is 7.89. The van der Waals surface area contributed by atoms with Gasteiger partial charge in [0.15, 0.2) is 6.61 Å². The highest BCUT2D eigenvalue weighted by Gasteiger charge is 2.31. The quantitative estimate of drug-likeness (QED) is 0.359. The van der Waals surface area contributed by atoms with Crippen molar-refractivity contribution in [2.75, 3.05) is 11.9 Å². The van der Waals surface area contributed by atoms with E-state index in [0.717, 1.165) is 17.7 Å². The Kier molecular flexibility index (Phi) is 8.32. The number of benzene rings is 3. The average Bonchev–Trinajstić information content (AvgIpc) is 2.79. The zero-order valence-electron chi connectivity index (χ0n) is 18.1. The van der Waals surface area contributed by atoms with Crippen LogP contribution in [0.1, 0.15) is 24.1 Å². The fourth-order valence-corrected chi connectivity index (χ4v) is 4.73. The summed E-state index contributed by atoms with van der Waals surface area (Å²) >= 11 is 12.0. The van der Waals surface area contributed by atoms with E-state index in [2.05, 4.69) is 10.0 Å². The van der Waals surface area contributed by atoms with Gasteiger partial charge in [-0.15, -0.1) is 0 Å². The topological polar surface area (TPSA) is 84.5 Å². The second-order valence-corrected chi connectivity index (χ2v) is 9.90. The van der Waals surface area contributed by atoms with Crippen LogP contribution in [-0.4, -0.2) is 20.9 Å². The number of hydrogen-bond donors (Lipinski definition) is 2. The van der Waals surface area contributed by atoms with E-state index < -0.39 is 40.3 Å². The van der Waals surface area contributed by atoms with Crippen LogP contribution in [0.25, 0.3) is 0 Å². The maximum absolute atomic E-state index is 12.9. The lowest BCUT2D eigenvalue weighted by Gasteiger charge is -2.15. The minimum absolute atomic E-state index is 0.00649. The largest absolute Gasteiger partial charge is 0.482 e. The molecule has 3 aromatic carbocycles. The summed E-state index contributed by atoms with van der Waals surface area (Å²) in [6.45, 7) is 1.09. The van der Waals surface area contributed by atoms with Crippen LogP contribution in [0, 0.1) is 0 Å². The zero-order chi connectivity index (χ0) is 25.8. The molecule has 0 spiro atoms. The number of carbonyl (C=O) groups excluding carboxylic acids is 1. The number of nitrogens with one attached hydrogen (secondary N) is 2. The average molecular weight is 547 g/mol. The van der Waals surface area contributed by atoms with E-state index in [1.165, 1.54) is 18.2 Å². The predicted octanol–water partition coefficient (Wildman–Crippen LogP) is 6.07. The summed E-state index contributed by atoms with van der Waals surface area (Å²) in [5, 5.41) is 2.07. The van der Waals surface area contributed by atoms with Crippen molar-refractivity contribution in [3.63, 3.8) is 0 Å². The number of sulfonamides is 1. The molecule has 35 heavy (non-hydrogen) atoms. The molecule has 0 aliphatic carbocycles. The lowest BCUT2D eigenvalue weighted by atomic mass is 10.1. The van der Waals surface area contributed by atoms with Crippen LogP contribution in [0.15, 0.2) is 71.6 Å². The Morgan fingerprint density at radius 3 is 2.31 bits per heavy atom. The van der Waals surface area contributed by atoms with E-state index in [-0.39, 0.29) is 26.4 Å². The summed E-state index contributed by atoms with van der Waals surface area (Å²) in [6.07, 6.45) is -4.61. The Morgan fingerprint density at radius 1 is 1.00 bits per heavy atom. The normalized spacial score (nSPS) is 12.7. The van der Waals surface area contributed by atoms with Gasteiger partial charge >= 0.3 is 6.18 Å². The minimum Gasteiger partial charge on any atom is -0.482 e. The monoisotopic (exact) mass is 546 g/mol. The Morgan fingerprint density at radius 2 is 1.69 bits per heavy atom. The van der Waals surface area contributed by atoms with Gasteiger partial charge in [-0.1, -0.05) is 53.5 Å². The number of carbonyl (C=O) groups is 1.